The van der Waals surface area contributed by atoms with Gasteiger partial charge in [0.25, 0.3) is 0 Å². The highest BCUT2D eigenvalue weighted by atomic mass is 16.5. The number of aromatic nitrogens is 3. The van der Waals surface area contributed by atoms with E-state index < -0.39 is 11.0 Å². The monoisotopic (exact) mass is 312 g/mol. The van der Waals surface area contributed by atoms with E-state index in [1.165, 1.54) is 0 Å². The number of hydrogen-bond donors (Lipinski definition) is 1. The van der Waals surface area contributed by atoms with Crippen molar-refractivity contribution >= 4 is 11.7 Å². The summed E-state index contributed by atoms with van der Waals surface area (Å²) in [6.45, 7) is 6.05. The minimum atomic E-state index is -0.474. The summed E-state index contributed by atoms with van der Waals surface area (Å²) in [4.78, 5) is 12.8. The van der Waals surface area contributed by atoms with Crippen molar-refractivity contribution in [2.24, 2.45) is 5.41 Å². The number of para-hydroxylation sites is 1. The second-order valence-corrected chi connectivity index (χ2v) is 7.34. The first-order valence-electron chi connectivity index (χ1n) is 7.83. The number of carbonyl (C=O) groups is 1. The zero-order valence-corrected chi connectivity index (χ0v) is 13.5. The lowest BCUT2D eigenvalue weighted by Gasteiger charge is -2.43. The standard InChI is InChI=1S/C17H20N4O2/c1-15(2)17(10-16(3,11-17)23-15)14(22)18-13-9-21(20-19-13)12-7-5-4-6-8-12/h4-9H,10-11H2,1-3H3,(H,18,22). The lowest BCUT2D eigenvalue weighted by molar-refractivity contribution is -0.132. The molecule has 1 aromatic carbocycles. The lowest BCUT2D eigenvalue weighted by atomic mass is 9.56. The molecular formula is C17H20N4O2. The van der Waals surface area contributed by atoms with E-state index in [0.29, 0.717) is 5.82 Å². The van der Waals surface area contributed by atoms with Gasteiger partial charge in [0.05, 0.1) is 28.5 Å². The van der Waals surface area contributed by atoms with E-state index in [9.17, 15) is 4.79 Å². The van der Waals surface area contributed by atoms with Gasteiger partial charge in [0, 0.05) is 0 Å². The molecule has 1 saturated carbocycles. The van der Waals surface area contributed by atoms with Gasteiger partial charge in [-0.1, -0.05) is 23.4 Å². The molecule has 5 rings (SSSR count). The Morgan fingerprint density at radius 3 is 2.52 bits per heavy atom. The highest BCUT2D eigenvalue weighted by Crippen LogP contribution is 2.66. The SMILES string of the molecule is CC12CC(C(=O)Nc3cn(-c4ccccc4)nn3)(C1)C(C)(C)O2. The van der Waals surface area contributed by atoms with Crippen LogP contribution in [0.2, 0.25) is 0 Å². The third kappa shape index (κ3) is 2.01. The van der Waals surface area contributed by atoms with Crippen LogP contribution >= 0.6 is 0 Å². The molecule has 1 amide bonds. The third-order valence-corrected chi connectivity index (χ3v) is 5.20. The summed E-state index contributed by atoms with van der Waals surface area (Å²) >= 11 is 0. The van der Waals surface area contributed by atoms with Crippen LogP contribution in [0, 0.1) is 5.41 Å². The molecular weight excluding hydrogens is 292 g/mol. The number of benzene rings is 1. The van der Waals surface area contributed by atoms with Crippen LogP contribution in [0.5, 0.6) is 0 Å². The fourth-order valence-corrected chi connectivity index (χ4v) is 4.13. The van der Waals surface area contributed by atoms with E-state index in [4.69, 9.17) is 4.74 Å². The van der Waals surface area contributed by atoms with Crippen molar-refractivity contribution in [2.75, 3.05) is 5.32 Å². The Hall–Kier alpha value is -2.21. The van der Waals surface area contributed by atoms with Crippen LogP contribution in [0.15, 0.2) is 36.5 Å². The van der Waals surface area contributed by atoms with Crippen LogP contribution in [0.4, 0.5) is 5.82 Å². The van der Waals surface area contributed by atoms with Crippen molar-refractivity contribution in [1.29, 1.82) is 0 Å². The molecule has 0 spiro atoms. The third-order valence-electron chi connectivity index (χ3n) is 5.20. The van der Waals surface area contributed by atoms with E-state index in [-0.39, 0.29) is 11.5 Å². The van der Waals surface area contributed by atoms with Gasteiger partial charge < -0.3 is 10.1 Å². The van der Waals surface area contributed by atoms with Crippen LogP contribution in [-0.4, -0.2) is 32.1 Å². The predicted molar refractivity (Wildman–Crippen MR) is 85.2 cm³/mol. The largest absolute Gasteiger partial charge is 0.368 e. The Morgan fingerprint density at radius 2 is 1.91 bits per heavy atom. The summed E-state index contributed by atoms with van der Waals surface area (Å²) in [5.41, 5.74) is -0.193. The molecule has 3 aliphatic rings. The normalized spacial score (nSPS) is 30.7. The molecule has 3 fully saturated rings. The van der Waals surface area contributed by atoms with Gasteiger partial charge in [-0.2, -0.15) is 0 Å². The number of anilines is 1. The highest BCUT2D eigenvalue weighted by molar-refractivity contribution is 5.97. The van der Waals surface area contributed by atoms with Gasteiger partial charge >= 0.3 is 0 Å². The van der Waals surface area contributed by atoms with E-state index in [0.717, 1.165) is 18.5 Å². The molecule has 0 unspecified atom stereocenters. The van der Waals surface area contributed by atoms with Crippen LogP contribution in [0.25, 0.3) is 5.69 Å². The molecule has 0 atom stereocenters. The zero-order valence-electron chi connectivity index (χ0n) is 13.5. The zero-order chi connectivity index (χ0) is 16.3. The average Bonchev–Trinajstić information content (AvgIpc) is 3.06. The Balaban J connectivity index is 1.54. The molecule has 2 aliphatic heterocycles. The number of nitrogens with zero attached hydrogens (tertiary/aromatic N) is 3. The minimum Gasteiger partial charge on any atom is -0.368 e. The van der Waals surface area contributed by atoms with Gasteiger partial charge in [-0.25, -0.2) is 4.68 Å². The van der Waals surface area contributed by atoms with Gasteiger partial charge in [0.1, 0.15) is 0 Å². The second-order valence-electron chi connectivity index (χ2n) is 7.34. The molecule has 1 N–H and O–H groups in total. The van der Waals surface area contributed by atoms with Gasteiger partial charge in [-0.05, 0) is 45.7 Å². The molecule has 23 heavy (non-hydrogen) atoms. The number of carbonyl (C=O) groups excluding carboxylic acids is 1. The first-order valence-corrected chi connectivity index (χ1v) is 7.83. The van der Waals surface area contributed by atoms with Gasteiger partial charge in [0.15, 0.2) is 5.82 Å². The van der Waals surface area contributed by atoms with Crippen LogP contribution in [0.1, 0.15) is 33.6 Å². The van der Waals surface area contributed by atoms with E-state index in [2.05, 4.69) is 22.6 Å². The van der Waals surface area contributed by atoms with Crippen molar-refractivity contribution in [2.45, 2.75) is 44.8 Å². The Morgan fingerprint density at radius 1 is 1.22 bits per heavy atom. The molecule has 1 aromatic heterocycles. The van der Waals surface area contributed by atoms with E-state index in [1.807, 2.05) is 44.2 Å². The molecule has 3 heterocycles. The second kappa shape index (κ2) is 4.41. The molecule has 0 radical (unpaired) electrons. The maximum atomic E-state index is 12.8. The number of nitrogens with one attached hydrogen (secondary N) is 1. The van der Waals surface area contributed by atoms with Gasteiger partial charge in [-0.3, -0.25) is 4.79 Å². The predicted octanol–water partition coefficient (Wildman–Crippen LogP) is 2.55. The Kier molecular flexibility index (Phi) is 2.76. The van der Waals surface area contributed by atoms with Crippen molar-refractivity contribution in [1.82, 2.24) is 15.0 Å². The van der Waals surface area contributed by atoms with E-state index in [1.54, 1.807) is 10.9 Å². The number of amides is 1. The Labute approximate surface area is 134 Å². The first-order chi connectivity index (χ1) is 10.8. The number of fused-ring (bicyclic) bond motifs is 1. The lowest BCUT2D eigenvalue weighted by Crippen LogP contribution is -2.54. The first kappa shape index (κ1) is 14.4. The molecule has 2 saturated heterocycles. The van der Waals surface area contributed by atoms with Crippen molar-refractivity contribution in [3.63, 3.8) is 0 Å². The number of hydrogen-bond acceptors (Lipinski definition) is 4. The van der Waals surface area contributed by atoms with Crippen molar-refractivity contribution < 1.29 is 9.53 Å². The maximum Gasteiger partial charge on any atom is 0.234 e. The fraction of sp³-hybridized carbons (Fsp3) is 0.471. The molecule has 2 bridgehead atoms. The van der Waals surface area contributed by atoms with Crippen molar-refractivity contribution in [3.8, 4) is 5.69 Å². The quantitative estimate of drug-likeness (QED) is 0.945. The number of ether oxygens (including phenoxy) is 1. The summed E-state index contributed by atoms with van der Waals surface area (Å²) in [6, 6.07) is 9.68. The molecule has 1 aliphatic carbocycles. The van der Waals surface area contributed by atoms with Gasteiger partial charge in [0.2, 0.25) is 5.91 Å². The summed E-state index contributed by atoms with van der Waals surface area (Å²) in [5.74, 6) is 0.433. The summed E-state index contributed by atoms with van der Waals surface area (Å²) in [5, 5.41) is 11.0. The van der Waals surface area contributed by atoms with Crippen LogP contribution in [-0.2, 0) is 9.53 Å². The van der Waals surface area contributed by atoms with E-state index >= 15 is 0 Å². The number of rotatable bonds is 3. The minimum absolute atomic E-state index is 0.0300. The summed E-state index contributed by atoms with van der Waals surface area (Å²) < 4.78 is 7.69. The maximum absolute atomic E-state index is 12.8. The smallest absolute Gasteiger partial charge is 0.234 e. The van der Waals surface area contributed by atoms with Gasteiger partial charge in [-0.15, -0.1) is 5.10 Å². The summed E-state index contributed by atoms with van der Waals surface area (Å²) in [7, 11) is 0. The molecule has 6 heteroatoms. The molecule has 6 nitrogen and oxygen atoms in total. The average molecular weight is 312 g/mol. The van der Waals surface area contributed by atoms with Crippen LogP contribution < -0.4 is 5.32 Å². The summed E-state index contributed by atoms with van der Waals surface area (Å²) in [6.07, 6.45) is 3.24. The van der Waals surface area contributed by atoms with Crippen molar-refractivity contribution in [3.05, 3.63) is 36.5 Å². The van der Waals surface area contributed by atoms with Crippen LogP contribution in [0.3, 0.4) is 0 Å². The molecule has 120 valence electrons. The molecule has 2 aromatic rings. The highest BCUT2D eigenvalue weighted by Gasteiger charge is 2.73. The fourth-order valence-electron chi connectivity index (χ4n) is 4.13. The topological polar surface area (TPSA) is 69.0 Å². The Bertz CT molecular complexity index is 760.